The van der Waals surface area contributed by atoms with Crippen molar-refractivity contribution in [1.29, 1.82) is 0 Å². The van der Waals surface area contributed by atoms with Gasteiger partial charge in [-0.3, -0.25) is 4.79 Å². The third-order valence-electron chi connectivity index (χ3n) is 3.78. The SMILES string of the molecule is CSCC[C@H](O)C(=O)NC[C@H]1CCO[C@@H]1c1ccccc1. The second kappa shape index (κ2) is 8.41. The van der Waals surface area contributed by atoms with Gasteiger partial charge in [-0.05, 0) is 30.4 Å². The van der Waals surface area contributed by atoms with Crippen LogP contribution in [0.1, 0.15) is 24.5 Å². The lowest BCUT2D eigenvalue weighted by atomic mass is 9.95. The molecule has 1 aliphatic rings. The molecule has 0 aromatic heterocycles. The quantitative estimate of drug-likeness (QED) is 0.809. The molecular formula is C16H23NO3S. The lowest BCUT2D eigenvalue weighted by Crippen LogP contribution is -2.38. The molecule has 2 N–H and O–H groups in total. The fourth-order valence-corrected chi connectivity index (χ4v) is 3.02. The van der Waals surface area contributed by atoms with E-state index >= 15 is 0 Å². The van der Waals surface area contributed by atoms with Crippen molar-refractivity contribution in [3.05, 3.63) is 35.9 Å². The van der Waals surface area contributed by atoms with Gasteiger partial charge in [0, 0.05) is 19.1 Å². The molecule has 0 spiro atoms. The topological polar surface area (TPSA) is 58.6 Å². The van der Waals surface area contributed by atoms with Crippen LogP contribution in [0.25, 0.3) is 0 Å². The largest absolute Gasteiger partial charge is 0.383 e. The molecular weight excluding hydrogens is 286 g/mol. The first-order chi connectivity index (χ1) is 10.2. The zero-order valence-electron chi connectivity index (χ0n) is 12.3. The monoisotopic (exact) mass is 309 g/mol. The molecule has 1 saturated heterocycles. The van der Waals surface area contributed by atoms with E-state index < -0.39 is 6.10 Å². The molecule has 1 heterocycles. The van der Waals surface area contributed by atoms with Gasteiger partial charge in [0.15, 0.2) is 0 Å². The van der Waals surface area contributed by atoms with Gasteiger partial charge in [-0.15, -0.1) is 0 Å². The van der Waals surface area contributed by atoms with Crippen LogP contribution in [-0.2, 0) is 9.53 Å². The maximum Gasteiger partial charge on any atom is 0.248 e. The van der Waals surface area contributed by atoms with E-state index in [4.69, 9.17) is 4.74 Å². The smallest absolute Gasteiger partial charge is 0.248 e. The number of amides is 1. The van der Waals surface area contributed by atoms with Crippen LogP contribution >= 0.6 is 11.8 Å². The van der Waals surface area contributed by atoms with E-state index in [1.807, 2.05) is 24.5 Å². The summed E-state index contributed by atoms with van der Waals surface area (Å²) in [6.45, 7) is 1.27. The summed E-state index contributed by atoms with van der Waals surface area (Å²) in [4.78, 5) is 11.8. The fraction of sp³-hybridized carbons (Fsp3) is 0.562. The van der Waals surface area contributed by atoms with Crippen molar-refractivity contribution in [3.8, 4) is 0 Å². The summed E-state index contributed by atoms with van der Waals surface area (Å²) in [6, 6.07) is 10.1. The molecule has 116 valence electrons. The maximum absolute atomic E-state index is 11.8. The number of nitrogens with one attached hydrogen (secondary N) is 1. The third kappa shape index (κ3) is 4.73. The average molecular weight is 309 g/mol. The fourth-order valence-electron chi connectivity index (χ4n) is 2.56. The van der Waals surface area contributed by atoms with Crippen LogP contribution in [0.3, 0.4) is 0 Å². The van der Waals surface area contributed by atoms with Gasteiger partial charge in [0.2, 0.25) is 5.91 Å². The summed E-state index contributed by atoms with van der Waals surface area (Å²) in [5, 5.41) is 12.6. The molecule has 3 atom stereocenters. The summed E-state index contributed by atoms with van der Waals surface area (Å²) >= 11 is 1.63. The van der Waals surface area contributed by atoms with Crippen molar-refractivity contribution in [3.63, 3.8) is 0 Å². The lowest BCUT2D eigenvalue weighted by molar-refractivity contribution is -0.129. The number of aliphatic hydroxyl groups is 1. The second-order valence-corrected chi connectivity index (χ2v) is 6.28. The molecule has 1 aromatic rings. The molecule has 0 unspecified atom stereocenters. The van der Waals surface area contributed by atoms with Crippen molar-refractivity contribution in [2.45, 2.75) is 25.0 Å². The summed E-state index contributed by atoms with van der Waals surface area (Å²) in [5.41, 5.74) is 1.15. The van der Waals surface area contributed by atoms with Crippen LogP contribution in [0.2, 0.25) is 0 Å². The maximum atomic E-state index is 11.8. The molecule has 21 heavy (non-hydrogen) atoms. The van der Waals surface area contributed by atoms with E-state index in [1.165, 1.54) is 0 Å². The first kappa shape index (κ1) is 16.3. The number of carbonyl (C=O) groups is 1. The van der Waals surface area contributed by atoms with E-state index in [0.29, 0.717) is 13.0 Å². The Bertz CT molecular complexity index is 440. The Morgan fingerprint density at radius 2 is 2.24 bits per heavy atom. The molecule has 1 aliphatic heterocycles. The Kier molecular flexibility index (Phi) is 6.54. The number of thioether (sulfide) groups is 1. The molecule has 0 aliphatic carbocycles. The third-order valence-corrected chi connectivity index (χ3v) is 4.42. The number of aliphatic hydroxyl groups excluding tert-OH is 1. The standard InChI is InChI=1S/C16H23NO3S/c1-21-10-8-14(18)16(19)17-11-13-7-9-20-15(13)12-5-3-2-4-6-12/h2-6,13-15,18H,7-11H2,1H3,(H,17,19)/t13-,14+,15-/m1/s1. The molecule has 2 rings (SSSR count). The van der Waals surface area contributed by atoms with Crippen LogP contribution in [-0.4, -0.2) is 42.3 Å². The number of hydrogen-bond acceptors (Lipinski definition) is 4. The highest BCUT2D eigenvalue weighted by atomic mass is 32.2. The Hall–Kier alpha value is -1.04. The molecule has 1 amide bonds. The first-order valence-corrected chi connectivity index (χ1v) is 8.73. The van der Waals surface area contributed by atoms with Gasteiger partial charge in [0.05, 0.1) is 6.10 Å². The van der Waals surface area contributed by atoms with Gasteiger partial charge >= 0.3 is 0 Å². The molecule has 1 aromatic carbocycles. The molecule has 0 radical (unpaired) electrons. The van der Waals surface area contributed by atoms with Crippen LogP contribution in [0.5, 0.6) is 0 Å². The van der Waals surface area contributed by atoms with Gasteiger partial charge in [-0.25, -0.2) is 0 Å². The Balaban J connectivity index is 1.83. The summed E-state index contributed by atoms with van der Waals surface area (Å²) in [6.07, 6.45) is 2.52. The van der Waals surface area contributed by atoms with E-state index in [9.17, 15) is 9.90 Å². The minimum absolute atomic E-state index is 0.0369. The van der Waals surface area contributed by atoms with E-state index in [-0.39, 0.29) is 17.9 Å². The molecule has 1 fully saturated rings. The van der Waals surface area contributed by atoms with Crippen LogP contribution in [0.4, 0.5) is 0 Å². The normalized spacial score (nSPS) is 23.0. The highest BCUT2D eigenvalue weighted by Gasteiger charge is 2.30. The first-order valence-electron chi connectivity index (χ1n) is 7.33. The van der Waals surface area contributed by atoms with Crippen molar-refractivity contribution in [2.24, 2.45) is 5.92 Å². The predicted molar refractivity (Wildman–Crippen MR) is 85.3 cm³/mol. The van der Waals surface area contributed by atoms with Gasteiger partial charge in [0.1, 0.15) is 6.10 Å². The van der Waals surface area contributed by atoms with E-state index in [2.05, 4.69) is 17.4 Å². The number of carbonyl (C=O) groups excluding carboxylic acids is 1. The van der Waals surface area contributed by atoms with Crippen LogP contribution < -0.4 is 5.32 Å². The van der Waals surface area contributed by atoms with Crippen molar-refractivity contribution >= 4 is 17.7 Å². The Morgan fingerprint density at radius 1 is 1.48 bits per heavy atom. The highest BCUT2D eigenvalue weighted by molar-refractivity contribution is 7.98. The molecule has 0 saturated carbocycles. The lowest BCUT2D eigenvalue weighted by Gasteiger charge is -2.20. The number of hydrogen-bond donors (Lipinski definition) is 2. The summed E-state index contributed by atoms with van der Waals surface area (Å²) in [5.74, 6) is 0.778. The second-order valence-electron chi connectivity index (χ2n) is 5.29. The van der Waals surface area contributed by atoms with Gasteiger partial charge in [-0.1, -0.05) is 30.3 Å². The van der Waals surface area contributed by atoms with Gasteiger partial charge in [0.25, 0.3) is 0 Å². The van der Waals surface area contributed by atoms with Gasteiger partial charge < -0.3 is 15.2 Å². The number of rotatable bonds is 7. The van der Waals surface area contributed by atoms with Crippen LogP contribution in [0.15, 0.2) is 30.3 Å². The average Bonchev–Trinajstić information content (AvgIpc) is 2.99. The summed E-state index contributed by atoms with van der Waals surface area (Å²) < 4.78 is 5.79. The minimum Gasteiger partial charge on any atom is -0.383 e. The molecule has 4 nitrogen and oxygen atoms in total. The molecule has 0 bridgehead atoms. The zero-order valence-corrected chi connectivity index (χ0v) is 13.1. The highest BCUT2D eigenvalue weighted by Crippen LogP contribution is 2.33. The van der Waals surface area contributed by atoms with E-state index in [1.54, 1.807) is 11.8 Å². The number of ether oxygens (including phenoxy) is 1. The summed E-state index contributed by atoms with van der Waals surface area (Å²) in [7, 11) is 0. The van der Waals surface area contributed by atoms with Crippen molar-refractivity contribution < 1.29 is 14.6 Å². The van der Waals surface area contributed by atoms with Crippen molar-refractivity contribution in [1.82, 2.24) is 5.32 Å². The Morgan fingerprint density at radius 3 is 2.95 bits per heavy atom. The number of benzene rings is 1. The zero-order chi connectivity index (χ0) is 15.1. The Labute approximate surface area is 130 Å². The van der Waals surface area contributed by atoms with E-state index in [0.717, 1.165) is 24.3 Å². The van der Waals surface area contributed by atoms with Crippen molar-refractivity contribution in [2.75, 3.05) is 25.2 Å². The molecule has 5 heteroatoms. The minimum atomic E-state index is -0.907. The van der Waals surface area contributed by atoms with Crippen LogP contribution in [0, 0.1) is 5.92 Å². The van der Waals surface area contributed by atoms with Gasteiger partial charge in [-0.2, -0.15) is 11.8 Å². The predicted octanol–water partition coefficient (Wildman–Crippen LogP) is 1.99.